The molecule has 1 amide bonds. The Bertz CT molecular complexity index is 1010. The van der Waals surface area contributed by atoms with Gasteiger partial charge >= 0.3 is 5.97 Å². The molecule has 2 heterocycles. The second-order valence-electron chi connectivity index (χ2n) is 6.09. The molecule has 1 aromatic carbocycles. The number of methoxy groups -OCH3 is 1. The first-order chi connectivity index (χ1) is 14.0. The van der Waals surface area contributed by atoms with Crippen molar-refractivity contribution in [2.75, 3.05) is 19.0 Å². The second-order valence-corrected chi connectivity index (χ2v) is 6.96. The minimum atomic E-state index is -0.500. The third kappa shape index (κ3) is 4.91. The van der Waals surface area contributed by atoms with Crippen LogP contribution in [0, 0.1) is 0 Å². The molecule has 0 atom stereocenters. The molecule has 0 unspecified atom stereocenters. The van der Waals surface area contributed by atoms with Crippen molar-refractivity contribution in [3.05, 3.63) is 59.7 Å². The van der Waals surface area contributed by atoms with E-state index in [-0.39, 0.29) is 24.8 Å². The highest BCUT2D eigenvalue weighted by molar-refractivity contribution is 7.15. The van der Waals surface area contributed by atoms with E-state index in [4.69, 9.17) is 9.47 Å². The standard InChI is InChI=1S/C21H20N2O5S/c1-3-28-21(26)19-17(14-6-8-16(27-2)9-7-14)13-29-20(19)22-18(25)12-23-10-4-5-15(24)11-23/h4-11,13H,3,12H2,1-2H3,(H-,22,24,25,26)/p+1. The van der Waals surface area contributed by atoms with Crippen LogP contribution in [-0.4, -0.2) is 30.7 Å². The maximum absolute atomic E-state index is 12.6. The Hall–Kier alpha value is -3.39. The van der Waals surface area contributed by atoms with E-state index in [9.17, 15) is 14.7 Å². The van der Waals surface area contributed by atoms with Gasteiger partial charge in [-0.1, -0.05) is 12.1 Å². The molecule has 0 radical (unpaired) electrons. The van der Waals surface area contributed by atoms with Gasteiger partial charge in [0.15, 0.2) is 11.9 Å². The van der Waals surface area contributed by atoms with E-state index in [1.54, 1.807) is 43.0 Å². The summed E-state index contributed by atoms with van der Waals surface area (Å²) in [5, 5.41) is 14.5. The van der Waals surface area contributed by atoms with E-state index in [2.05, 4.69) is 5.32 Å². The minimum absolute atomic E-state index is 0.00751. The van der Waals surface area contributed by atoms with Crippen molar-refractivity contribution in [3.8, 4) is 22.6 Å². The molecule has 0 spiro atoms. The summed E-state index contributed by atoms with van der Waals surface area (Å²) in [6, 6.07) is 10.5. The predicted molar refractivity (Wildman–Crippen MR) is 109 cm³/mol. The molecule has 150 valence electrons. The number of thiophene rings is 1. The van der Waals surface area contributed by atoms with Gasteiger partial charge in [-0.25, -0.2) is 4.79 Å². The Morgan fingerprint density at radius 2 is 1.97 bits per heavy atom. The molecule has 0 saturated carbocycles. The van der Waals surface area contributed by atoms with E-state index in [1.165, 1.54) is 23.6 Å². The highest BCUT2D eigenvalue weighted by Crippen LogP contribution is 2.36. The quantitative estimate of drug-likeness (QED) is 0.459. The van der Waals surface area contributed by atoms with Crippen molar-refractivity contribution in [1.29, 1.82) is 0 Å². The number of hydrogen-bond acceptors (Lipinski definition) is 6. The number of anilines is 1. The lowest BCUT2D eigenvalue weighted by molar-refractivity contribution is -0.684. The third-order valence-corrected chi connectivity index (χ3v) is 4.99. The molecule has 0 fully saturated rings. The minimum Gasteiger partial charge on any atom is -0.503 e. The third-order valence-electron chi connectivity index (χ3n) is 4.09. The normalized spacial score (nSPS) is 10.4. The number of hydrogen-bond donors (Lipinski definition) is 2. The summed E-state index contributed by atoms with van der Waals surface area (Å²) in [5.41, 5.74) is 1.81. The van der Waals surface area contributed by atoms with Crippen LogP contribution < -0.4 is 14.6 Å². The van der Waals surface area contributed by atoms with Gasteiger partial charge in [-0.2, -0.15) is 4.57 Å². The van der Waals surface area contributed by atoms with Crippen molar-refractivity contribution in [3.63, 3.8) is 0 Å². The summed E-state index contributed by atoms with van der Waals surface area (Å²) in [6.45, 7) is 1.95. The van der Waals surface area contributed by atoms with Gasteiger partial charge in [0.2, 0.25) is 12.7 Å². The van der Waals surface area contributed by atoms with Gasteiger partial charge in [-0.15, -0.1) is 11.3 Å². The molecule has 0 aliphatic heterocycles. The number of nitrogens with one attached hydrogen (secondary N) is 1. The summed E-state index contributed by atoms with van der Waals surface area (Å²) in [5.74, 6) is -0.0575. The Balaban J connectivity index is 1.88. The van der Waals surface area contributed by atoms with Crippen molar-refractivity contribution in [2.45, 2.75) is 13.5 Å². The predicted octanol–water partition coefficient (Wildman–Crippen LogP) is 3.23. The Labute approximate surface area is 172 Å². The van der Waals surface area contributed by atoms with E-state index in [1.807, 2.05) is 17.5 Å². The maximum atomic E-state index is 12.6. The molecule has 0 saturated heterocycles. The molecule has 2 aromatic heterocycles. The van der Waals surface area contributed by atoms with E-state index in [0.29, 0.717) is 21.9 Å². The lowest BCUT2D eigenvalue weighted by atomic mass is 10.0. The Morgan fingerprint density at radius 1 is 1.21 bits per heavy atom. The topological polar surface area (TPSA) is 88.7 Å². The van der Waals surface area contributed by atoms with E-state index in [0.717, 1.165) is 5.56 Å². The first-order valence-corrected chi connectivity index (χ1v) is 9.80. The average molecular weight is 413 g/mol. The number of aromatic hydroxyl groups is 1. The smallest absolute Gasteiger partial charge is 0.341 e. The first-order valence-electron chi connectivity index (χ1n) is 8.92. The zero-order valence-corrected chi connectivity index (χ0v) is 16.9. The van der Waals surface area contributed by atoms with Crippen LogP contribution in [-0.2, 0) is 16.1 Å². The van der Waals surface area contributed by atoms with Crippen LogP contribution in [0.4, 0.5) is 5.00 Å². The van der Waals surface area contributed by atoms with Gasteiger partial charge in [0.25, 0.3) is 5.91 Å². The zero-order chi connectivity index (χ0) is 20.8. The molecular formula is C21H21N2O5S+. The number of esters is 1. The fourth-order valence-electron chi connectivity index (χ4n) is 2.78. The molecule has 3 rings (SSSR count). The van der Waals surface area contributed by atoms with Crippen molar-refractivity contribution in [2.24, 2.45) is 0 Å². The maximum Gasteiger partial charge on any atom is 0.341 e. The van der Waals surface area contributed by atoms with Crippen molar-refractivity contribution in [1.82, 2.24) is 0 Å². The number of amides is 1. The molecule has 29 heavy (non-hydrogen) atoms. The van der Waals surface area contributed by atoms with E-state index < -0.39 is 5.97 Å². The van der Waals surface area contributed by atoms with Crippen molar-refractivity contribution >= 4 is 28.2 Å². The number of benzene rings is 1. The Morgan fingerprint density at radius 3 is 2.62 bits per heavy atom. The van der Waals surface area contributed by atoms with Crippen LogP contribution in [0.25, 0.3) is 11.1 Å². The molecule has 3 aromatic rings. The van der Waals surface area contributed by atoms with Crippen LogP contribution >= 0.6 is 11.3 Å². The number of ether oxygens (including phenoxy) is 2. The van der Waals surface area contributed by atoms with Gasteiger partial charge in [-0.05, 0) is 30.7 Å². The molecule has 0 bridgehead atoms. The molecule has 8 heteroatoms. The molecule has 0 aliphatic rings. The number of pyridine rings is 1. The van der Waals surface area contributed by atoms with Gasteiger partial charge < -0.3 is 19.9 Å². The lowest BCUT2D eigenvalue weighted by Gasteiger charge is -2.08. The first kappa shape index (κ1) is 20.3. The summed E-state index contributed by atoms with van der Waals surface area (Å²) in [7, 11) is 1.59. The highest BCUT2D eigenvalue weighted by atomic mass is 32.1. The number of rotatable bonds is 7. The van der Waals surface area contributed by atoms with E-state index >= 15 is 0 Å². The highest BCUT2D eigenvalue weighted by Gasteiger charge is 2.23. The van der Waals surface area contributed by atoms with Crippen LogP contribution in [0.3, 0.4) is 0 Å². The van der Waals surface area contributed by atoms with Crippen molar-refractivity contribution < 1.29 is 28.7 Å². The van der Waals surface area contributed by atoms with Crippen LogP contribution in [0.15, 0.2) is 54.2 Å². The van der Waals surface area contributed by atoms with Crippen LogP contribution in [0.2, 0.25) is 0 Å². The molecule has 2 N–H and O–H groups in total. The summed E-state index contributed by atoms with van der Waals surface area (Å²) in [4.78, 5) is 25.1. The largest absolute Gasteiger partial charge is 0.503 e. The Kier molecular flexibility index (Phi) is 6.46. The number of carbonyl (C=O) groups excluding carboxylic acids is 2. The summed E-state index contributed by atoms with van der Waals surface area (Å²) in [6.07, 6.45) is 3.12. The van der Waals surface area contributed by atoms with Crippen LogP contribution in [0.5, 0.6) is 11.5 Å². The molecule has 7 nitrogen and oxygen atoms in total. The zero-order valence-electron chi connectivity index (χ0n) is 16.0. The SMILES string of the molecule is CCOC(=O)c1c(-c2ccc(OC)cc2)csc1NC(=O)C[n+]1cccc(O)c1. The molecular weight excluding hydrogens is 392 g/mol. The fraction of sp³-hybridized carbons (Fsp3) is 0.190. The number of carbonyl (C=O) groups is 2. The average Bonchev–Trinajstić information content (AvgIpc) is 3.11. The van der Waals surface area contributed by atoms with Crippen LogP contribution in [0.1, 0.15) is 17.3 Å². The fourth-order valence-corrected chi connectivity index (χ4v) is 3.75. The summed E-state index contributed by atoms with van der Waals surface area (Å²) < 4.78 is 11.9. The summed E-state index contributed by atoms with van der Waals surface area (Å²) >= 11 is 1.25. The van der Waals surface area contributed by atoms with Gasteiger partial charge in [0.1, 0.15) is 16.3 Å². The van der Waals surface area contributed by atoms with Gasteiger partial charge in [0.05, 0.1) is 13.7 Å². The van der Waals surface area contributed by atoms with Gasteiger partial charge in [0, 0.05) is 17.0 Å². The number of aromatic nitrogens is 1. The second kappa shape index (κ2) is 9.20. The van der Waals surface area contributed by atoms with Gasteiger partial charge in [-0.3, -0.25) is 4.79 Å². The lowest BCUT2D eigenvalue weighted by Crippen LogP contribution is -2.39. The monoisotopic (exact) mass is 413 g/mol. The molecule has 0 aliphatic carbocycles. The number of nitrogens with zero attached hydrogens (tertiary/aromatic N) is 1.